The molecule has 0 bridgehead atoms. The minimum absolute atomic E-state index is 0.0707. The van der Waals surface area contributed by atoms with Crippen molar-refractivity contribution in [2.24, 2.45) is 15.3 Å². The van der Waals surface area contributed by atoms with E-state index in [0.717, 1.165) is 0 Å². The van der Waals surface area contributed by atoms with Crippen LogP contribution in [-0.2, 0) is 14.6 Å². The van der Waals surface area contributed by atoms with E-state index >= 15 is 0 Å². The van der Waals surface area contributed by atoms with E-state index in [0.29, 0.717) is 42.5 Å². The Morgan fingerprint density at radius 1 is 0.758 bits per heavy atom. The summed E-state index contributed by atoms with van der Waals surface area (Å²) in [5.41, 5.74) is 3.56. The SMILES string of the molecule is O=S(=O)(O/C1=N\Nc2ccccc2OCCCOc2ccccc2N=N1)Oc1ccccc1. The van der Waals surface area contributed by atoms with Crippen molar-refractivity contribution in [3.8, 4) is 17.2 Å². The van der Waals surface area contributed by atoms with Crippen LogP contribution in [0, 0.1) is 0 Å². The lowest BCUT2D eigenvalue weighted by molar-refractivity contribution is 0.248. The zero-order chi connectivity index (χ0) is 22.9. The number of para-hydroxylation sites is 4. The third-order valence-electron chi connectivity index (χ3n) is 4.19. The van der Waals surface area contributed by atoms with Crippen LogP contribution in [0.15, 0.2) is 94.2 Å². The van der Waals surface area contributed by atoms with Gasteiger partial charge in [0.2, 0.25) is 0 Å². The molecule has 0 aromatic heterocycles. The van der Waals surface area contributed by atoms with Gasteiger partial charge in [0.05, 0.1) is 18.9 Å². The Bertz CT molecular complexity index is 1250. The van der Waals surface area contributed by atoms with E-state index in [-0.39, 0.29) is 5.75 Å². The number of anilines is 1. The average molecular weight is 468 g/mol. The van der Waals surface area contributed by atoms with Crippen molar-refractivity contribution in [2.45, 2.75) is 6.42 Å². The summed E-state index contributed by atoms with van der Waals surface area (Å²) in [6, 6.07) is 21.2. The summed E-state index contributed by atoms with van der Waals surface area (Å²) < 4.78 is 46.3. The molecule has 0 saturated heterocycles. The van der Waals surface area contributed by atoms with Crippen LogP contribution in [0.25, 0.3) is 0 Å². The van der Waals surface area contributed by atoms with E-state index in [2.05, 4.69) is 20.8 Å². The minimum atomic E-state index is -4.55. The van der Waals surface area contributed by atoms with Gasteiger partial charge in [0.25, 0.3) is 0 Å². The molecule has 0 spiro atoms. The highest BCUT2D eigenvalue weighted by atomic mass is 32.3. The van der Waals surface area contributed by atoms with E-state index in [4.69, 9.17) is 17.8 Å². The molecule has 1 aliphatic heterocycles. The van der Waals surface area contributed by atoms with Crippen molar-refractivity contribution in [3.05, 3.63) is 78.9 Å². The largest absolute Gasteiger partial charge is 0.503 e. The molecular formula is C22H20N4O6S. The number of azo groups is 1. The minimum Gasteiger partial charge on any atom is -0.491 e. The Hall–Kier alpha value is -4.12. The molecule has 1 N–H and O–H groups in total. The highest BCUT2D eigenvalue weighted by Crippen LogP contribution is 2.28. The molecule has 0 aliphatic carbocycles. The fraction of sp³-hybridized carbons (Fsp3) is 0.136. The van der Waals surface area contributed by atoms with Crippen LogP contribution in [0.5, 0.6) is 17.2 Å². The van der Waals surface area contributed by atoms with Crippen LogP contribution in [-0.4, -0.2) is 27.7 Å². The number of ether oxygens (including phenoxy) is 2. The number of nitrogens with zero attached hydrogens (tertiary/aromatic N) is 3. The van der Waals surface area contributed by atoms with E-state index in [9.17, 15) is 8.42 Å². The Kier molecular flexibility index (Phi) is 7.00. The third-order valence-corrected chi connectivity index (χ3v) is 4.94. The van der Waals surface area contributed by atoms with Crippen molar-refractivity contribution in [1.29, 1.82) is 0 Å². The van der Waals surface area contributed by atoms with Gasteiger partial charge in [-0.15, -0.1) is 18.6 Å². The number of nitrogens with one attached hydrogen (secondary N) is 1. The fourth-order valence-electron chi connectivity index (χ4n) is 2.73. The Balaban J connectivity index is 1.65. The van der Waals surface area contributed by atoms with Gasteiger partial charge >= 0.3 is 16.4 Å². The first-order valence-electron chi connectivity index (χ1n) is 9.97. The lowest BCUT2D eigenvalue weighted by atomic mass is 10.3. The van der Waals surface area contributed by atoms with Crippen LogP contribution in [0.2, 0.25) is 0 Å². The molecule has 11 heteroatoms. The van der Waals surface area contributed by atoms with Gasteiger partial charge in [-0.3, -0.25) is 5.43 Å². The van der Waals surface area contributed by atoms with Crippen LogP contribution in [0.3, 0.4) is 0 Å². The first-order chi connectivity index (χ1) is 16.1. The number of fused-ring (bicyclic) bond motifs is 2. The lowest BCUT2D eigenvalue weighted by Gasteiger charge is -2.13. The molecule has 0 amide bonds. The van der Waals surface area contributed by atoms with Crippen LogP contribution < -0.4 is 19.1 Å². The van der Waals surface area contributed by atoms with Crippen molar-refractivity contribution < 1.29 is 26.3 Å². The van der Waals surface area contributed by atoms with Crippen molar-refractivity contribution in [3.63, 3.8) is 0 Å². The summed E-state index contributed by atoms with van der Waals surface area (Å²) >= 11 is 0. The van der Waals surface area contributed by atoms with Gasteiger partial charge in [0.1, 0.15) is 22.9 Å². The van der Waals surface area contributed by atoms with Gasteiger partial charge in [0, 0.05) is 6.42 Å². The van der Waals surface area contributed by atoms with Crippen LogP contribution >= 0.6 is 0 Å². The summed E-state index contributed by atoms with van der Waals surface area (Å²) in [6.07, 6.45) is 0.631. The second kappa shape index (κ2) is 10.5. The highest BCUT2D eigenvalue weighted by molar-refractivity contribution is 7.82. The third kappa shape index (κ3) is 6.43. The van der Waals surface area contributed by atoms with Gasteiger partial charge in [-0.2, -0.15) is 0 Å². The van der Waals surface area contributed by atoms with E-state index < -0.39 is 16.4 Å². The molecule has 0 unspecified atom stereocenters. The maximum absolute atomic E-state index is 12.4. The molecule has 0 radical (unpaired) electrons. The van der Waals surface area contributed by atoms with E-state index in [1.54, 1.807) is 66.7 Å². The van der Waals surface area contributed by atoms with Gasteiger partial charge in [0.15, 0.2) is 0 Å². The molecule has 33 heavy (non-hydrogen) atoms. The quantitative estimate of drug-likeness (QED) is 0.594. The number of rotatable bonds is 3. The molecule has 10 nitrogen and oxygen atoms in total. The molecule has 170 valence electrons. The van der Waals surface area contributed by atoms with Crippen molar-refractivity contribution in [1.82, 2.24) is 0 Å². The molecule has 3 aromatic rings. The lowest BCUT2D eigenvalue weighted by Crippen LogP contribution is -2.18. The standard InChI is InChI=1S/C22H20N4O6S/c27-33(28,31-17-9-2-1-3-10-17)32-22-25-23-18-11-4-6-13-20(18)29-15-8-16-30-21-14-7-5-12-19(21)24-26-22/h1-7,9-14,23H,8,15-16H2/b25-22-,26-24?. The number of hydrazone groups is 1. The number of amidine groups is 1. The summed E-state index contributed by atoms with van der Waals surface area (Å²) in [6.45, 7) is 0.785. The zero-order valence-corrected chi connectivity index (χ0v) is 18.1. The molecule has 0 atom stereocenters. The second-order valence-electron chi connectivity index (χ2n) is 6.61. The molecular weight excluding hydrogens is 448 g/mol. The van der Waals surface area contributed by atoms with Crippen LogP contribution in [0.4, 0.5) is 11.4 Å². The monoisotopic (exact) mass is 468 g/mol. The zero-order valence-electron chi connectivity index (χ0n) is 17.3. The Morgan fingerprint density at radius 2 is 1.42 bits per heavy atom. The van der Waals surface area contributed by atoms with Crippen LogP contribution in [0.1, 0.15) is 6.42 Å². The first-order valence-corrected chi connectivity index (χ1v) is 11.3. The summed E-state index contributed by atoms with van der Waals surface area (Å²) in [4.78, 5) is 0. The molecule has 1 aliphatic rings. The van der Waals surface area contributed by atoms with E-state index in [1.807, 2.05) is 0 Å². The maximum Gasteiger partial charge on any atom is 0.503 e. The Morgan fingerprint density at radius 3 is 2.24 bits per heavy atom. The number of hydrogen-bond acceptors (Lipinski definition) is 10. The van der Waals surface area contributed by atoms with Gasteiger partial charge < -0.3 is 17.8 Å². The highest BCUT2D eigenvalue weighted by Gasteiger charge is 2.19. The molecule has 1 heterocycles. The molecule has 3 aromatic carbocycles. The van der Waals surface area contributed by atoms with Gasteiger partial charge in [-0.25, -0.2) is 0 Å². The summed E-state index contributed by atoms with van der Waals surface area (Å²) in [5, 5.41) is 11.9. The van der Waals surface area contributed by atoms with Crippen molar-refractivity contribution >= 4 is 27.8 Å². The topological polar surface area (TPSA) is 120 Å². The van der Waals surface area contributed by atoms with E-state index in [1.165, 1.54) is 12.1 Å². The first kappa shape index (κ1) is 22.1. The summed E-state index contributed by atoms with van der Waals surface area (Å²) in [5.74, 6) is 1.05. The fourth-order valence-corrected chi connectivity index (χ4v) is 3.37. The Labute approximate surface area is 190 Å². The predicted octanol–water partition coefficient (Wildman–Crippen LogP) is 4.66. The number of hydrogen-bond donors (Lipinski definition) is 1. The van der Waals surface area contributed by atoms with Crippen molar-refractivity contribution in [2.75, 3.05) is 18.6 Å². The van der Waals surface area contributed by atoms with Gasteiger partial charge in [-0.05, 0) is 36.4 Å². The predicted molar refractivity (Wildman–Crippen MR) is 121 cm³/mol. The molecule has 0 saturated carbocycles. The van der Waals surface area contributed by atoms with Gasteiger partial charge in [-0.1, -0.05) is 47.6 Å². The summed E-state index contributed by atoms with van der Waals surface area (Å²) in [7, 11) is -4.55. The molecule has 4 rings (SSSR count). The smallest absolute Gasteiger partial charge is 0.491 e. The second-order valence-corrected chi connectivity index (χ2v) is 7.76. The normalized spacial score (nSPS) is 15.7. The number of benzene rings is 3. The average Bonchev–Trinajstić information content (AvgIpc) is 2.82. The maximum atomic E-state index is 12.4. The molecule has 0 fully saturated rings.